The maximum atomic E-state index is 10.4. The van der Waals surface area contributed by atoms with Gasteiger partial charge < -0.3 is 19.7 Å². The van der Waals surface area contributed by atoms with Crippen molar-refractivity contribution in [2.45, 2.75) is 11.8 Å². The van der Waals surface area contributed by atoms with Crippen molar-refractivity contribution in [2.75, 3.05) is 33.4 Å². The van der Waals surface area contributed by atoms with E-state index in [9.17, 15) is 13.0 Å². The second-order valence-electron chi connectivity index (χ2n) is 4.02. The molecule has 1 aromatic carbocycles. The average molecular weight is 290 g/mol. The van der Waals surface area contributed by atoms with E-state index in [0.29, 0.717) is 13.1 Å². The van der Waals surface area contributed by atoms with Crippen molar-refractivity contribution >= 4 is 10.1 Å². The number of nitrogens with zero attached hydrogens (tertiary/aromatic N) is 1. The quantitative estimate of drug-likeness (QED) is 0.728. The monoisotopic (exact) mass is 290 g/mol. The highest BCUT2D eigenvalue weighted by molar-refractivity contribution is 7.85. The third-order valence-electron chi connectivity index (χ3n) is 2.27. The van der Waals surface area contributed by atoms with Gasteiger partial charge in [-0.1, -0.05) is 17.7 Å². The number of likely N-dealkylation sites (N-methyl/N-ethyl adjacent to an activating group) is 1. The molecule has 0 amide bonds. The molecule has 0 heterocycles. The van der Waals surface area contributed by atoms with Crippen LogP contribution < -0.4 is 0 Å². The zero-order valence-electron chi connectivity index (χ0n) is 11.1. The zero-order chi connectivity index (χ0) is 14.9. The molecule has 0 fully saturated rings. The summed E-state index contributed by atoms with van der Waals surface area (Å²) in [5, 5.41) is 16.7. The topological polar surface area (TPSA) is 101 Å². The van der Waals surface area contributed by atoms with Crippen molar-refractivity contribution in [1.29, 1.82) is 0 Å². The summed E-state index contributed by atoms with van der Waals surface area (Å²) in [6, 6.07) is 5.78. The van der Waals surface area contributed by atoms with E-state index in [2.05, 4.69) is 0 Å². The van der Waals surface area contributed by atoms with Crippen LogP contribution in [-0.2, 0) is 10.1 Å². The van der Waals surface area contributed by atoms with Gasteiger partial charge in [0.05, 0.1) is 18.1 Å². The van der Waals surface area contributed by atoms with E-state index in [1.807, 2.05) is 18.9 Å². The molecule has 0 spiro atoms. The molecule has 7 heteroatoms. The Morgan fingerprint density at radius 3 is 1.84 bits per heavy atom. The normalized spacial score (nSPS) is 11.1. The fourth-order valence-electron chi connectivity index (χ4n) is 1.16. The van der Waals surface area contributed by atoms with Crippen molar-refractivity contribution in [3.8, 4) is 0 Å². The van der Waals surface area contributed by atoms with Crippen LogP contribution in [0.2, 0.25) is 0 Å². The molecular formula is C12H20NO5S-. The summed E-state index contributed by atoms with van der Waals surface area (Å²) in [6.45, 7) is 3.43. The number of hydrogen-bond donors (Lipinski definition) is 2. The molecule has 0 saturated carbocycles. The lowest BCUT2D eigenvalue weighted by Crippen LogP contribution is -2.25. The lowest BCUT2D eigenvalue weighted by Gasteiger charge is -2.11. The lowest BCUT2D eigenvalue weighted by atomic mass is 10.2. The van der Waals surface area contributed by atoms with Crippen LogP contribution in [-0.4, -0.2) is 61.4 Å². The molecule has 0 saturated heterocycles. The Morgan fingerprint density at radius 1 is 1.11 bits per heavy atom. The number of aliphatic hydroxyl groups is 2. The highest BCUT2D eigenvalue weighted by Gasteiger charge is 1.97. The van der Waals surface area contributed by atoms with E-state index in [0.717, 1.165) is 5.56 Å². The third-order valence-corrected chi connectivity index (χ3v) is 3.12. The molecule has 0 aliphatic carbocycles. The minimum Gasteiger partial charge on any atom is -0.744 e. The Labute approximate surface area is 114 Å². The molecule has 0 atom stereocenters. The van der Waals surface area contributed by atoms with Crippen LogP contribution in [0, 0.1) is 6.92 Å². The molecule has 1 aromatic rings. The van der Waals surface area contributed by atoms with Gasteiger partial charge in [0, 0.05) is 13.1 Å². The minimum atomic E-state index is -4.27. The van der Waals surface area contributed by atoms with Crippen LogP contribution in [0.15, 0.2) is 29.2 Å². The average Bonchev–Trinajstić information content (AvgIpc) is 2.30. The number of benzene rings is 1. The van der Waals surface area contributed by atoms with Gasteiger partial charge in [-0.15, -0.1) is 0 Å². The van der Waals surface area contributed by atoms with Gasteiger partial charge >= 0.3 is 0 Å². The van der Waals surface area contributed by atoms with Crippen molar-refractivity contribution in [3.05, 3.63) is 29.8 Å². The van der Waals surface area contributed by atoms with Crippen LogP contribution in [0.4, 0.5) is 0 Å². The second kappa shape index (κ2) is 9.00. The summed E-state index contributed by atoms with van der Waals surface area (Å²) < 4.78 is 31.2. The van der Waals surface area contributed by atoms with Gasteiger partial charge in [-0.2, -0.15) is 0 Å². The van der Waals surface area contributed by atoms with Crippen LogP contribution in [0.5, 0.6) is 0 Å². The van der Waals surface area contributed by atoms with Crippen LogP contribution in [0.25, 0.3) is 0 Å². The third kappa shape index (κ3) is 8.68. The Hall–Kier alpha value is -0.990. The molecule has 19 heavy (non-hydrogen) atoms. The smallest absolute Gasteiger partial charge is 0.124 e. The molecule has 110 valence electrons. The highest BCUT2D eigenvalue weighted by atomic mass is 32.2. The largest absolute Gasteiger partial charge is 0.744 e. The minimum absolute atomic E-state index is 0.163. The van der Waals surface area contributed by atoms with Gasteiger partial charge in [0.25, 0.3) is 0 Å². The number of hydrogen-bond acceptors (Lipinski definition) is 6. The number of aryl methyl sites for hydroxylation is 1. The Balaban J connectivity index is 0.000000362. The molecule has 0 aromatic heterocycles. The standard InChI is InChI=1S/C7H8O3S.C5H13NO2/c1-6-2-4-7(5-3-6)11(8,9)10;1-6(2-4-7)3-5-8/h2-5H,1H3,(H,8,9,10);7-8H,2-5H2,1H3/p-1. The molecule has 6 nitrogen and oxygen atoms in total. The summed E-state index contributed by atoms with van der Waals surface area (Å²) in [4.78, 5) is 1.68. The molecule has 0 radical (unpaired) electrons. The van der Waals surface area contributed by atoms with Gasteiger partial charge in [-0.3, -0.25) is 0 Å². The van der Waals surface area contributed by atoms with Crippen molar-refractivity contribution in [1.82, 2.24) is 4.90 Å². The summed E-state index contributed by atoms with van der Waals surface area (Å²) in [5.41, 5.74) is 0.928. The molecule has 0 aliphatic heterocycles. The van der Waals surface area contributed by atoms with Gasteiger partial charge in [-0.05, 0) is 26.1 Å². The molecule has 0 unspecified atom stereocenters. The fourth-order valence-corrected chi connectivity index (χ4v) is 1.63. The van der Waals surface area contributed by atoms with Gasteiger partial charge in [0.1, 0.15) is 10.1 Å². The van der Waals surface area contributed by atoms with Crippen LogP contribution in [0.1, 0.15) is 5.56 Å². The first-order chi connectivity index (χ1) is 8.81. The maximum absolute atomic E-state index is 10.4. The summed E-state index contributed by atoms with van der Waals surface area (Å²) in [7, 11) is -2.42. The predicted molar refractivity (Wildman–Crippen MR) is 70.8 cm³/mol. The first-order valence-electron chi connectivity index (χ1n) is 5.74. The zero-order valence-corrected chi connectivity index (χ0v) is 11.9. The number of aliphatic hydroxyl groups excluding tert-OH is 2. The van der Waals surface area contributed by atoms with Crippen molar-refractivity contribution in [2.24, 2.45) is 0 Å². The van der Waals surface area contributed by atoms with E-state index in [1.54, 1.807) is 12.1 Å². The van der Waals surface area contributed by atoms with E-state index in [1.165, 1.54) is 12.1 Å². The lowest BCUT2D eigenvalue weighted by molar-refractivity contribution is 0.184. The molecule has 0 bridgehead atoms. The van der Waals surface area contributed by atoms with Gasteiger partial charge in [0.2, 0.25) is 0 Å². The number of rotatable bonds is 5. The van der Waals surface area contributed by atoms with Crippen LogP contribution >= 0.6 is 0 Å². The fraction of sp³-hybridized carbons (Fsp3) is 0.500. The maximum Gasteiger partial charge on any atom is 0.124 e. The van der Waals surface area contributed by atoms with Gasteiger partial charge in [0.15, 0.2) is 0 Å². The molecule has 0 aliphatic rings. The van der Waals surface area contributed by atoms with E-state index in [4.69, 9.17) is 10.2 Å². The Bertz CT molecular complexity index is 438. The van der Waals surface area contributed by atoms with E-state index >= 15 is 0 Å². The SMILES string of the molecule is CN(CCO)CCO.Cc1ccc(S(=O)(=O)[O-])cc1. The van der Waals surface area contributed by atoms with E-state index in [-0.39, 0.29) is 18.1 Å². The van der Waals surface area contributed by atoms with Gasteiger partial charge in [-0.25, -0.2) is 8.42 Å². The van der Waals surface area contributed by atoms with E-state index < -0.39 is 10.1 Å². The van der Waals surface area contributed by atoms with Crippen LogP contribution in [0.3, 0.4) is 0 Å². The summed E-state index contributed by atoms with van der Waals surface area (Å²) in [6.07, 6.45) is 0. The van der Waals surface area contributed by atoms with Crippen molar-refractivity contribution in [3.63, 3.8) is 0 Å². The summed E-state index contributed by atoms with van der Waals surface area (Å²) in [5.74, 6) is 0. The second-order valence-corrected chi connectivity index (χ2v) is 5.40. The first kappa shape index (κ1) is 18.0. The highest BCUT2D eigenvalue weighted by Crippen LogP contribution is 2.08. The summed E-state index contributed by atoms with van der Waals surface area (Å²) >= 11 is 0. The Morgan fingerprint density at radius 2 is 1.53 bits per heavy atom. The van der Waals surface area contributed by atoms with Crippen molar-refractivity contribution < 1.29 is 23.2 Å². The predicted octanol–water partition coefficient (Wildman–Crippen LogP) is -0.198. The molecule has 1 rings (SSSR count). The molecular weight excluding hydrogens is 270 g/mol. The molecule has 2 N–H and O–H groups in total. The Kier molecular flexibility index (Phi) is 8.53. The first-order valence-corrected chi connectivity index (χ1v) is 7.15.